The Hall–Kier alpha value is -3.86. The van der Waals surface area contributed by atoms with E-state index in [1.807, 2.05) is 53.2 Å². The summed E-state index contributed by atoms with van der Waals surface area (Å²) in [5.41, 5.74) is 2.56. The lowest BCUT2D eigenvalue weighted by Gasteiger charge is -2.12. The van der Waals surface area contributed by atoms with Gasteiger partial charge in [-0.1, -0.05) is 30.2 Å². The number of benzene rings is 2. The SMILES string of the molecule is C#CCOc1ccc(CCNC(=O)Nc2ccccc2-c2nnnn2C2CC2)cc1. The molecular formula is C22H22N6O2. The van der Waals surface area contributed by atoms with Gasteiger partial charge in [0.25, 0.3) is 0 Å². The van der Waals surface area contributed by atoms with Gasteiger partial charge in [0.05, 0.1) is 11.7 Å². The molecule has 2 amide bonds. The monoisotopic (exact) mass is 402 g/mol. The number of hydrogen-bond donors (Lipinski definition) is 2. The van der Waals surface area contributed by atoms with Gasteiger partial charge in [-0.05, 0) is 59.5 Å². The third-order valence-electron chi connectivity index (χ3n) is 4.75. The highest BCUT2D eigenvalue weighted by atomic mass is 16.5. The first-order valence-corrected chi connectivity index (χ1v) is 9.82. The van der Waals surface area contributed by atoms with Crippen molar-refractivity contribution in [2.45, 2.75) is 25.3 Å². The normalized spacial score (nSPS) is 12.8. The molecule has 1 aliphatic carbocycles. The average molecular weight is 402 g/mol. The fraction of sp³-hybridized carbons (Fsp3) is 0.273. The van der Waals surface area contributed by atoms with E-state index in [0.29, 0.717) is 30.5 Å². The van der Waals surface area contributed by atoms with E-state index in [9.17, 15) is 4.79 Å². The van der Waals surface area contributed by atoms with Gasteiger partial charge in [-0.2, -0.15) is 0 Å². The average Bonchev–Trinajstić information content (AvgIpc) is 3.50. The van der Waals surface area contributed by atoms with Crippen LogP contribution in [0.3, 0.4) is 0 Å². The molecule has 0 spiro atoms. The molecule has 30 heavy (non-hydrogen) atoms. The fourth-order valence-electron chi connectivity index (χ4n) is 3.09. The molecule has 0 radical (unpaired) electrons. The summed E-state index contributed by atoms with van der Waals surface area (Å²) >= 11 is 0. The van der Waals surface area contributed by atoms with E-state index >= 15 is 0 Å². The number of nitrogens with zero attached hydrogens (tertiary/aromatic N) is 4. The number of tetrazole rings is 1. The van der Waals surface area contributed by atoms with Crippen molar-refractivity contribution in [3.05, 3.63) is 54.1 Å². The summed E-state index contributed by atoms with van der Waals surface area (Å²) in [5, 5.41) is 17.8. The number of amides is 2. The third-order valence-corrected chi connectivity index (χ3v) is 4.75. The molecule has 152 valence electrons. The number of rotatable bonds is 8. The van der Waals surface area contributed by atoms with Crippen molar-refractivity contribution < 1.29 is 9.53 Å². The number of aromatic nitrogens is 4. The molecule has 0 unspecified atom stereocenters. The van der Waals surface area contributed by atoms with Crippen molar-refractivity contribution in [1.29, 1.82) is 0 Å². The van der Waals surface area contributed by atoms with Crippen molar-refractivity contribution >= 4 is 11.7 Å². The van der Waals surface area contributed by atoms with Crippen LogP contribution in [-0.4, -0.2) is 39.4 Å². The predicted molar refractivity (Wildman–Crippen MR) is 113 cm³/mol. The second-order valence-electron chi connectivity index (χ2n) is 6.99. The topological polar surface area (TPSA) is 94.0 Å². The highest BCUT2D eigenvalue weighted by Gasteiger charge is 2.29. The highest BCUT2D eigenvalue weighted by molar-refractivity contribution is 5.93. The minimum atomic E-state index is -0.276. The molecule has 4 rings (SSSR count). The van der Waals surface area contributed by atoms with Gasteiger partial charge in [0.1, 0.15) is 12.4 Å². The van der Waals surface area contributed by atoms with E-state index in [4.69, 9.17) is 11.2 Å². The van der Waals surface area contributed by atoms with Crippen LogP contribution in [0.1, 0.15) is 24.4 Å². The summed E-state index contributed by atoms with van der Waals surface area (Å²) in [6, 6.07) is 15.2. The van der Waals surface area contributed by atoms with Crippen LogP contribution in [0.2, 0.25) is 0 Å². The lowest BCUT2D eigenvalue weighted by Crippen LogP contribution is -2.30. The van der Waals surface area contributed by atoms with Crippen LogP contribution in [0.25, 0.3) is 11.4 Å². The quantitative estimate of drug-likeness (QED) is 0.565. The molecule has 1 aliphatic rings. The standard InChI is InChI=1S/C22H22N6O2/c1-2-15-30-18-11-7-16(8-12-18)13-14-23-22(29)24-20-6-4-3-5-19(20)21-25-26-27-28(21)17-9-10-17/h1,3-8,11-12,17H,9-10,13-15H2,(H2,23,24,29). The van der Waals surface area contributed by atoms with Gasteiger partial charge < -0.3 is 15.4 Å². The van der Waals surface area contributed by atoms with Crippen LogP contribution in [0.15, 0.2) is 48.5 Å². The molecule has 8 nitrogen and oxygen atoms in total. The molecule has 1 fully saturated rings. The van der Waals surface area contributed by atoms with Crippen LogP contribution in [-0.2, 0) is 6.42 Å². The maximum Gasteiger partial charge on any atom is 0.319 e. The Morgan fingerprint density at radius 2 is 2.00 bits per heavy atom. The smallest absolute Gasteiger partial charge is 0.319 e. The lowest BCUT2D eigenvalue weighted by atomic mass is 10.1. The van der Waals surface area contributed by atoms with Crippen LogP contribution < -0.4 is 15.4 Å². The molecular weight excluding hydrogens is 380 g/mol. The minimum absolute atomic E-state index is 0.246. The molecule has 8 heteroatoms. The first-order chi connectivity index (χ1) is 14.7. The number of ether oxygens (including phenoxy) is 1. The number of carbonyl (C=O) groups excluding carboxylic acids is 1. The summed E-state index contributed by atoms with van der Waals surface area (Å²) in [7, 11) is 0. The Kier molecular flexibility index (Phi) is 5.90. The Bertz CT molecular complexity index is 1050. The first-order valence-electron chi connectivity index (χ1n) is 9.82. The van der Waals surface area contributed by atoms with Gasteiger partial charge in [-0.15, -0.1) is 11.5 Å². The molecule has 0 atom stereocenters. The number of hydrogen-bond acceptors (Lipinski definition) is 5. The molecule has 1 saturated carbocycles. The lowest BCUT2D eigenvalue weighted by molar-refractivity contribution is 0.252. The number of terminal acetylenes is 1. The molecule has 3 aromatic rings. The van der Waals surface area contributed by atoms with E-state index in [1.54, 1.807) is 0 Å². The van der Waals surface area contributed by atoms with Gasteiger partial charge in [-0.25, -0.2) is 9.48 Å². The summed E-state index contributed by atoms with van der Waals surface area (Å²) in [6.45, 7) is 0.744. The maximum absolute atomic E-state index is 12.4. The van der Waals surface area contributed by atoms with E-state index in [-0.39, 0.29) is 12.6 Å². The van der Waals surface area contributed by atoms with E-state index in [1.165, 1.54) is 0 Å². The first kappa shape index (κ1) is 19.5. The van der Waals surface area contributed by atoms with Crippen molar-refractivity contribution in [2.75, 3.05) is 18.5 Å². The van der Waals surface area contributed by atoms with Crippen LogP contribution >= 0.6 is 0 Å². The summed E-state index contributed by atoms with van der Waals surface area (Å²) in [4.78, 5) is 12.4. The molecule has 1 heterocycles. The van der Waals surface area contributed by atoms with Crippen molar-refractivity contribution in [3.63, 3.8) is 0 Å². The summed E-state index contributed by atoms with van der Waals surface area (Å²) < 4.78 is 7.19. The Morgan fingerprint density at radius 1 is 1.20 bits per heavy atom. The zero-order valence-electron chi connectivity index (χ0n) is 16.4. The predicted octanol–water partition coefficient (Wildman–Crippen LogP) is 3.05. The Morgan fingerprint density at radius 3 is 2.77 bits per heavy atom. The number of nitrogens with one attached hydrogen (secondary N) is 2. The zero-order chi connectivity index (χ0) is 20.8. The van der Waals surface area contributed by atoms with Crippen molar-refractivity contribution in [2.24, 2.45) is 0 Å². The van der Waals surface area contributed by atoms with Crippen LogP contribution in [0.4, 0.5) is 10.5 Å². The Balaban J connectivity index is 1.33. The van der Waals surface area contributed by atoms with Gasteiger partial charge in [-0.3, -0.25) is 0 Å². The van der Waals surface area contributed by atoms with Crippen molar-refractivity contribution in [3.8, 4) is 29.5 Å². The zero-order valence-corrected chi connectivity index (χ0v) is 16.4. The number of carbonyl (C=O) groups is 1. The number of para-hydroxylation sites is 1. The van der Waals surface area contributed by atoms with E-state index in [0.717, 1.165) is 29.7 Å². The maximum atomic E-state index is 12.4. The minimum Gasteiger partial charge on any atom is -0.481 e. The molecule has 0 bridgehead atoms. The molecule has 0 aliphatic heterocycles. The summed E-state index contributed by atoms with van der Waals surface area (Å²) in [6.07, 6.45) is 8.03. The second-order valence-corrected chi connectivity index (χ2v) is 6.99. The van der Waals surface area contributed by atoms with Crippen LogP contribution in [0, 0.1) is 12.3 Å². The van der Waals surface area contributed by atoms with Crippen molar-refractivity contribution in [1.82, 2.24) is 25.5 Å². The number of anilines is 1. The fourth-order valence-corrected chi connectivity index (χ4v) is 3.09. The van der Waals surface area contributed by atoms with Gasteiger partial charge in [0.15, 0.2) is 5.82 Å². The Labute approximate surface area is 174 Å². The summed E-state index contributed by atoms with van der Waals surface area (Å²) in [5.74, 6) is 3.83. The van der Waals surface area contributed by atoms with Crippen LogP contribution in [0.5, 0.6) is 5.75 Å². The number of urea groups is 1. The van der Waals surface area contributed by atoms with Gasteiger partial charge >= 0.3 is 6.03 Å². The van der Waals surface area contributed by atoms with Gasteiger partial charge in [0.2, 0.25) is 0 Å². The second kappa shape index (κ2) is 9.09. The van der Waals surface area contributed by atoms with Gasteiger partial charge in [0, 0.05) is 12.1 Å². The van der Waals surface area contributed by atoms with E-state index < -0.39 is 0 Å². The highest BCUT2D eigenvalue weighted by Crippen LogP contribution is 2.37. The molecule has 2 N–H and O–H groups in total. The largest absolute Gasteiger partial charge is 0.481 e. The van der Waals surface area contributed by atoms with E-state index in [2.05, 4.69) is 32.1 Å². The third kappa shape index (κ3) is 4.75. The molecule has 1 aromatic heterocycles. The molecule has 2 aromatic carbocycles. The molecule has 0 saturated heterocycles.